The highest BCUT2D eigenvalue weighted by molar-refractivity contribution is 7.98. The molecule has 3 N–H and O–H groups in total. The summed E-state index contributed by atoms with van der Waals surface area (Å²) in [6, 6.07) is 9.48. The van der Waals surface area contributed by atoms with Crippen LogP contribution in [0.25, 0.3) is 0 Å². The first-order valence-electron chi connectivity index (χ1n) is 5.79. The first-order valence-corrected chi connectivity index (χ1v) is 7.40. The quantitative estimate of drug-likeness (QED) is 0.666. The van der Waals surface area contributed by atoms with E-state index in [9.17, 15) is 0 Å². The first kappa shape index (κ1) is 14.0. The fourth-order valence-electron chi connectivity index (χ4n) is 1.73. The number of nitrogen functional groups attached to an aromatic ring is 1. The molecular formula is C13H15ClN4S. The van der Waals surface area contributed by atoms with Gasteiger partial charge >= 0.3 is 0 Å². The summed E-state index contributed by atoms with van der Waals surface area (Å²) in [6.07, 6.45) is 1.91. The van der Waals surface area contributed by atoms with Gasteiger partial charge in [-0.2, -0.15) is 0 Å². The molecule has 2 aromatic rings. The fourth-order valence-corrected chi connectivity index (χ4v) is 2.42. The number of nitrogens with zero attached hydrogens (tertiary/aromatic N) is 2. The van der Waals surface area contributed by atoms with Gasteiger partial charge < -0.3 is 11.1 Å². The van der Waals surface area contributed by atoms with Gasteiger partial charge in [-0.25, -0.2) is 9.97 Å². The molecule has 0 amide bonds. The predicted molar refractivity (Wildman–Crippen MR) is 81.7 cm³/mol. The van der Waals surface area contributed by atoms with Gasteiger partial charge in [0.25, 0.3) is 0 Å². The van der Waals surface area contributed by atoms with E-state index in [-0.39, 0.29) is 6.04 Å². The predicted octanol–water partition coefficient (Wildman–Crippen LogP) is 3.61. The van der Waals surface area contributed by atoms with Crippen LogP contribution in [0, 0.1) is 0 Å². The molecule has 1 heterocycles. The number of benzene rings is 1. The Labute approximate surface area is 121 Å². The van der Waals surface area contributed by atoms with Gasteiger partial charge in [0.05, 0.1) is 6.04 Å². The van der Waals surface area contributed by atoms with Crippen LogP contribution in [0.5, 0.6) is 0 Å². The van der Waals surface area contributed by atoms with Crippen LogP contribution < -0.4 is 11.1 Å². The molecule has 19 heavy (non-hydrogen) atoms. The van der Waals surface area contributed by atoms with E-state index in [1.165, 1.54) is 11.8 Å². The standard InChI is InChI=1S/C13H15ClN4S/c1-8(9-5-3-4-6-10(9)14)16-12-7-11(15)17-13(18-12)19-2/h3-8H,1-2H3,(H3,15,16,17,18). The highest BCUT2D eigenvalue weighted by Gasteiger charge is 2.10. The maximum Gasteiger partial charge on any atom is 0.191 e. The maximum absolute atomic E-state index is 6.17. The summed E-state index contributed by atoms with van der Waals surface area (Å²) in [6.45, 7) is 2.03. The van der Waals surface area contributed by atoms with E-state index in [1.54, 1.807) is 6.07 Å². The van der Waals surface area contributed by atoms with Crippen LogP contribution in [-0.4, -0.2) is 16.2 Å². The van der Waals surface area contributed by atoms with Crippen LogP contribution in [0.1, 0.15) is 18.5 Å². The Morgan fingerprint density at radius 3 is 2.74 bits per heavy atom. The Kier molecular flexibility index (Phi) is 4.50. The molecule has 0 saturated carbocycles. The van der Waals surface area contributed by atoms with E-state index in [0.717, 1.165) is 10.6 Å². The van der Waals surface area contributed by atoms with Gasteiger partial charge in [-0.15, -0.1) is 0 Å². The molecule has 0 fully saturated rings. The second-order valence-electron chi connectivity index (χ2n) is 4.05. The average Bonchev–Trinajstić information content (AvgIpc) is 2.38. The second kappa shape index (κ2) is 6.12. The van der Waals surface area contributed by atoms with Gasteiger partial charge in [0, 0.05) is 11.1 Å². The number of hydrogen-bond donors (Lipinski definition) is 2. The van der Waals surface area contributed by atoms with Crippen molar-refractivity contribution in [2.75, 3.05) is 17.3 Å². The average molecular weight is 295 g/mol. The summed E-state index contributed by atoms with van der Waals surface area (Å²) < 4.78 is 0. The van der Waals surface area contributed by atoms with Crippen molar-refractivity contribution < 1.29 is 0 Å². The van der Waals surface area contributed by atoms with Crippen molar-refractivity contribution in [2.45, 2.75) is 18.1 Å². The van der Waals surface area contributed by atoms with E-state index in [1.807, 2.05) is 37.4 Å². The molecular weight excluding hydrogens is 280 g/mol. The zero-order chi connectivity index (χ0) is 13.8. The number of rotatable bonds is 4. The molecule has 1 atom stereocenters. The molecule has 1 aromatic carbocycles. The Bertz CT molecular complexity index is 576. The van der Waals surface area contributed by atoms with Crippen molar-refractivity contribution in [3.63, 3.8) is 0 Å². The summed E-state index contributed by atoms with van der Waals surface area (Å²) in [4.78, 5) is 8.48. The Balaban J connectivity index is 2.21. The molecule has 2 rings (SSSR count). The van der Waals surface area contributed by atoms with Gasteiger partial charge in [0.1, 0.15) is 11.6 Å². The number of hydrogen-bond acceptors (Lipinski definition) is 5. The number of nitrogens with one attached hydrogen (secondary N) is 1. The molecule has 0 saturated heterocycles. The molecule has 4 nitrogen and oxygen atoms in total. The first-order chi connectivity index (χ1) is 9.10. The third-order valence-corrected chi connectivity index (χ3v) is 3.54. The third kappa shape index (κ3) is 3.52. The minimum atomic E-state index is 0.0395. The lowest BCUT2D eigenvalue weighted by atomic mass is 10.1. The van der Waals surface area contributed by atoms with Crippen LogP contribution in [0.2, 0.25) is 5.02 Å². The number of thioether (sulfide) groups is 1. The molecule has 6 heteroatoms. The van der Waals surface area contributed by atoms with E-state index in [2.05, 4.69) is 15.3 Å². The zero-order valence-corrected chi connectivity index (χ0v) is 12.3. The summed E-state index contributed by atoms with van der Waals surface area (Å²) >= 11 is 7.63. The number of aromatic nitrogens is 2. The zero-order valence-electron chi connectivity index (χ0n) is 10.7. The maximum atomic E-state index is 6.17. The van der Waals surface area contributed by atoms with Crippen molar-refractivity contribution >= 4 is 35.0 Å². The lowest BCUT2D eigenvalue weighted by Crippen LogP contribution is -2.09. The normalized spacial score (nSPS) is 12.2. The Morgan fingerprint density at radius 2 is 2.05 bits per heavy atom. The largest absolute Gasteiger partial charge is 0.383 e. The van der Waals surface area contributed by atoms with E-state index in [4.69, 9.17) is 17.3 Å². The van der Waals surface area contributed by atoms with E-state index in [0.29, 0.717) is 16.8 Å². The van der Waals surface area contributed by atoms with Crippen LogP contribution in [-0.2, 0) is 0 Å². The molecule has 0 aliphatic rings. The molecule has 1 aromatic heterocycles. The van der Waals surface area contributed by atoms with Crippen LogP contribution in [0.3, 0.4) is 0 Å². The van der Waals surface area contributed by atoms with Crippen molar-refractivity contribution in [3.05, 3.63) is 40.9 Å². The van der Waals surface area contributed by atoms with Crippen LogP contribution in [0.4, 0.5) is 11.6 Å². The molecule has 100 valence electrons. The lowest BCUT2D eigenvalue weighted by Gasteiger charge is -2.16. The monoisotopic (exact) mass is 294 g/mol. The molecule has 0 aliphatic heterocycles. The minimum Gasteiger partial charge on any atom is -0.383 e. The second-order valence-corrected chi connectivity index (χ2v) is 5.23. The summed E-state index contributed by atoms with van der Waals surface area (Å²) in [5.41, 5.74) is 6.77. The topological polar surface area (TPSA) is 63.8 Å². The van der Waals surface area contributed by atoms with E-state index < -0.39 is 0 Å². The number of anilines is 2. The van der Waals surface area contributed by atoms with Crippen molar-refractivity contribution in [1.29, 1.82) is 0 Å². The minimum absolute atomic E-state index is 0.0395. The van der Waals surface area contributed by atoms with Gasteiger partial charge in [0.15, 0.2) is 5.16 Å². The van der Waals surface area contributed by atoms with Crippen molar-refractivity contribution in [3.8, 4) is 0 Å². The highest BCUT2D eigenvalue weighted by atomic mass is 35.5. The van der Waals surface area contributed by atoms with Crippen LogP contribution >= 0.6 is 23.4 Å². The van der Waals surface area contributed by atoms with E-state index >= 15 is 0 Å². The van der Waals surface area contributed by atoms with Crippen molar-refractivity contribution in [2.24, 2.45) is 0 Å². The van der Waals surface area contributed by atoms with Gasteiger partial charge in [-0.1, -0.05) is 41.6 Å². The van der Waals surface area contributed by atoms with Gasteiger partial charge in [-0.3, -0.25) is 0 Å². The lowest BCUT2D eigenvalue weighted by molar-refractivity contribution is 0.858. The van der Waals surface area contributed by atoms with Crippen molar-refractivity contribution in [1.82, 2.24) is 9.97 Å². The highest BCUT2D eigenvalue weighted by Crippen LogP contribution is 2.26. The Hall–Kier alpha value is -1.46. The molecule has 0 spiro atoms. The molecule has 0 radical (unpaired) electrons. The summed E-state index contributed by atoms with van der Waals surface area (Å²) in [7, 11) is 0. The molecule has 1 unspecified atom stereocenters. The van der Waals surface area contributed by atoms with Gasteiger partial charge in [-0.05, 0) is 24.8 Å². The fraction of sp³-hybridized carbons (Fsp3) is 0.231. The van der Waals surface area contributed by atoms with Gasteiger partial charge in [0.2, 0.25) is 0 Å². The number of nitrogens with two attached hydrogens (primary N) is 1. The Morgan fingerprint density at radius 1 is 1.32 bits per heavy atom. The van der Waals surface area contributed by atoms with Crippen LogP contribution in [0.15, 0.2) is 35.5 Å². The number of halogens is 1. The molecule has 0 bridgehead atoms. The SMILES string of the molecule is CSc1nc(N)cc(NC(C)c2ccccc2Cl)n1. The summed E-state index contributed by atoms with van der Waals surface area (Å²) in [5, 5.41) is 4.66. The smallest absolute Gasteiger partial charge is 0.191 e. The third-order valence-electron chi connectivity index (χ3n) is 2.64. The summed E-state index contributed by atoms with van der Waals surface area (Å²) in [5.74, 6) is 1.15. The molecule has 0 aliphatic carbocycles.